The number of para-hydroxylation sites is 2. The second kappa shape index (κ2) is 9.87. The lowest BCUT2D eigenvalue weighted by atomic mass is 10.2. The molecule has 0 bridgehead atoms. The molecule has 0 atom stereocenters. The average molecular weight is 351 g/mol. The Bertz CT molecular complexity index is 797. The number of nitriles is 1. The summed E-state index contributed by atoms with van der Waals surface area (Å²) in [4.78, 5) is 14.2. The number of nitrogens with one attached hydrogen (secondary N) is 1. The van der Waals surface area contributed by atoms with Crippen LogP contribution >= 0.6 is 0 Å². The molecule has 2 aromatic carbocycles. The molecule has 134 valence electrons. The molecule has 0 spiro atoms. The minimum Gasteiger partial charge on any atom is -0.495 e. The number of benzene rings is 2. The Morgan fingerprint density at radius 2 is 1.92 bits per heavy atom. The molecule has 0 aliphatic heterocycles. The first kappa shape index (κ1) is 19.0. The van der Waals surface area contributed by atoms with Crippen LogP contribution in [0.1, 0.15) is 5.56 Å². The van der Waals surface area contributed by atoms with E-state index < -0.39 is 5.91 Å². The number of rotatable bonds is 8. The molecule has 2 aromatic rings. The first-order valence-electron chi connectivity index (χ1n) is 8.13. The molecule has 0 saturated carbocycles. The zero-order valence-corrected chi connectivity index (χ0v) is 14.6. The molecule has 0 saturated heterocycles. The lowest BCUT2D eigenvalue weighted by molar-refractivity contribution is -0.112. The minimum absolute atomic E-state index is 0.0553. The Hall–Kier alpha value is -3.30. The van der Waals surface area contributed by atoms with Gasteiger partial charge in [0.05, 0.1) is 19.4 Å². The maximum absolute atomic E-state index is 12.5. The molecule has 0 fully saturated rings. The van der Waals surface area contributed by atoms with E-state index in [-0.39, 0.29) is 12.2 Å². The molecule has 0 unspecified atom stereocenters. The molecule has 2 rings (SSSR count). The van der Waals surface area contributed by atoms with Gasteiger partial charge in [0.2, 0.25) is 0 Å². The van der Waals surface area contributed by atoms with Gasteiger partial charge >= 0.3 is 0 Å². The summed E-state index contributed by atoms with van der Waals surface area (Å²) >= 11 is 0. The summed E-state index contributed by atoms with van der Waals surface area (Å²) in [5, 5.41) is 21.3. The second-order valence-corrected chi connectivity index (χ2v) is 5.49. The molecular weight excluding hydrogens is 330 g/mol. The average Bonchev–Trinajstić information content (AvgIpc) is 2.67. The van der Waals surface area contributed by atoms with Crippen molar-refractivity contribution in [3.63, 3.8) is 0 Å². The highest BCUT2D eigenvalue weighted by atomic mass is 16.5. The van der Waals surface area contributed by atoms with Gasteiger partial charge in [0.15, 0.2) is 0 Å². The van der Waals surface area contributed by atoms with Crippen molar-refractivity contribution in [3.8, 4) is 11.8 Å². The number of nitrogens with zero attached hydrogens (tertiary/aromatic N) is 2. The first-order chi connectivity index (χ1) is 12.7. The molecule has 6 heteroatoms. The van der Waals surface area contributed by atoms with Gasteiger partial charge in [0.1, 0.15) is 17.4 Å². The van der Waals surface area contributed by atoms with Crippen molar-refractivity contribution in [1.82, 2.24) is 4.90 Å². The van der Waals surface area contributed by atoms with E-state index in [1.165, 1.54) is 13.3 Å². The van der Waals surface area contributed by atoms with E-state index in [2.05, 4.69) is 5.32 Å². The van der Waals surface area contributed by atoms with Crippen LogP contribution in [0.5, 0.6) is 5.75 Å². The van der Waals surface area contributed by atoms with E-state index in [0.29, 0.717) is 24.5 Å². The van der Waals surface area contributed by atoms with E-state index >= 15 is 0 Å². The van der Waals surface area contributed by atoms with E-state index in [0.717, 1.165) is 5.56 Å². The molecular formula is C20H21N3O3. The molecule has 1 amide bonds. The van der Waals surface area contributed by atoms with Crippen LogP contribution in [0.15, 0.2) is 66.4 Å². The van der Waals surface area contributed by atoms with Gasteiger partial charge in [-0.15, -0.1) is 0 Å². The van der Waals surface area contributed by atoms with Crippen LogP contribution < -0.4 is 10.1 Å². The summed E-state index contributed by atoms with van der Waals surface area (Å²) in [6.07, 6.45) is 1.47. The van der Waals surface area contributed by atoms with Crippen molar-refractivity contribution < 1.29 is 14.6 Å². The van der Waals surface area contributed by atoms with Crippen LogP contribution in [0.3, 0.4) is 0 Å². The third kappa shape index (κ3) is 5.36. The number of hydrogen-bond acceptors (Lipinski definition) is 5. The first-order valence-corrected chi connectivity index (χ1v) is 8.13. The smallest absolute Gasteiger partial charge is 0.267 e. The standard InChI is InChI=1S/C20H21N3O3/c1-26-19-10-6-5-9-18(19)22-20(25)17(13-21)15-23(11-12-24)14-16-7-3-2-4-8-16/h2-10,15,24H,11-12,14H2,1H3,(H,22,25)/b17-15-. The maximum Gasteiger partial charge on any atom is 0.267 e. The van der Waals surface area contributed by atoms with E-state index in [1.54, 1.807) is 29.2 Å². The number of aliphatic hydroxyl groups is 1. The van der Waals surface area contributed by atoms with E-state index in [9.17, 15) is 15.2 Å². The Morgan fingerprint density at radius 3 is 2.58 bits per heavy atom. The van der Waals surface area contributed by atoms with Crippen molar-refractivity contribution in [3.05, 3.63) is 71.9 Å². The molecule has 0 heterocycles. The van der Waals surface area contributed by atoms with Crippen LogP contribution in [0, 0.1) is 11.3 Å². The van der Waals surface area contributed by atoms with Crippen LogP contribution in [0.2, 0.25) is 0 Å². The molecule has 2 N–H and O–H groups in total. The van der Waals surface area contributed by atoms with Gasteiger partial charge in [-0.2, -0.15) is 5.26 Å². The molecule has 0 radical (unpaired) electrons. The van der Waals surface area contributed by atoms with Gasteiger partial charge in [-0.3, -0.25) is 4.79 Å². The summed E-state index contributed by atoms with van der Waals surface area (Å²) in [7, 11) is 1.51. The van der Waals surface area contributed by atoms with Crippen LogP contribution in [-0.4, -0.2) is 36.2 Å². The van der Waals surface area contributed by atoms with Crippen molar-refractivity contribution in [1.29, 1.82) is 5.26 Å². The summed E-state index contributed by atoms with van der Waals surface area (Å²) in [5.41, 5.74) is 1.44. The monoisotopic (exact) mass is 351 g/mol. The van der Waals surface area contributed by atoms with Gasteiger partial charge in [0, 0.05) is 19.3 Å². The lowest BCUT2D eigenvalue weighted by Crippen LogP contribution is -2.24. The fourth-order valence-electron chi connectivity index (χ4n) is 2.39. The second-order valence-electron chi connectivity index (χ2n) is 5.49. The van der Waals surface area contributed by atoms with Gasteiger partial charge in [-0.05, 0) is 17.7 Å². The number of methoxy groups -OCH3 is 1. The van der Waals surface area contributed by atoms with Crippen molar-refractivity contribution in [2.24, 2.45) is 0 Å². The lowest BCUT2D eigenvalue weighted by Gasteiger charge is -2.20. The van der Waals surface area contributed by atoms with Crippen LogP contribution in [0.25, 0.3) is 0 Å². The Kier molecular flexibility index (Phi) is 7.22. The molecule has 0 aliphatic rings. The number of aliphatic hydroxyl groups excluding tert-OH is 1. The molecule has 6 nitrogen and oxygen atoms in total. The number of amides is 1. The largest absolute Gasteiger partial charge is 0.495 e. The highest BCUT2D eigenvalue weighted by Crippen LogP contribution is 2.23. The van der Waals surface area contributed by atoms with Crippen LogP contribution in [0.4, 0.5) is 5.69 Å². The van der Waals surface area contributed by atoms with E-state index in [4.69, 9.17) is 4.74 Å². The minimum atomic E-state index is -0.534. The predicted molar refractivity (Wildman–Crippen MR) is 99.3 cm³/mol. The van der Waals surface area contributed by atoms with Gasteiger partial charge in [-0.25, -0.2) is 0 Å². The number of anilines is 1. The summed E-state index contributed by atoms with van der Waals surface area (Å²) < 4.78 is 5.20. The number of carbonyl (C=O) groups is 1. The SMILES string of the molecule is COc1ccccc1NC(=O)/C(C#N)=C\N(CCO)Cc1ccccc1. The van der Waals surface area contributed by atoms with Crippen molar-refractivity contribution in [2.45, 2.75) is 6.54 Å². The van der Waals surface area contributed by atoms with Gasteiger partial charge < -0.3 is 20.1 Å². The zero-order chi connectivity index (χ0) is 18.8. The fraction of sp³-hybridized carbons (Fsp3) is 0.200. The third-order valence-corrected chi connectivity index (χ3v) is 3.65. The van der Waals surface area contributed by atoms with Gasteiger partial charge in [0.25, 0.3) is 5.91 Å². The van der Waals surface area contributed by atoms with Crippen LogP contribution in [-0.2, 0) is 11.3 Å². The quantitative estimate of drug-likeness (QED) is 0.564. The van der Waals surface area contributed by atoms with Gasteiger partial charge in [-0.1, -0.05) is 42.5 Å². The summed E-state index contributed by atoms with van der Waals surface area (Å²) in [6.45, 7) is 0.701. The van der Waals surface area contributed by atoms with Crippen molar-refractivity contribution >= 4 is 11.6 Å². The molecule has 26 heavy (non-hydrogen) atoms. The third-order valence-electron chi connectivity index (χ3n) is 3.65. The Balaban J connectivity index is 2.17. The normalized spacial score (nSPS) is 10.7. The molecule has 0 aliphatic carbocycles. The van der Waals surface area contributed by atoms with Crippen molar-refractivity contribution in [2.75, 3.05) is 25.6 Å². The summed E-state index contributed by atoms with van der Waals surface area (Å²) in [5.74, 6) is -0.0253. The maximum atomic E-state index is 12.5. The number of hydrogen-bond donors (Lipinski definition) is 2. The summed E-state index contributed by atoms with van der Waals surface area (Å²) in [6, 6.07) is 18.5. The Labute approximate surface area is 152 Å². The Morgan fingerprint density at radius 1 is 1.23 bits per heavy atom. The topological polar surface area (TPSA) is 85.6 Å². The molecule has 0 aromatic heterocycles. The predicted octanol–water partition coefficient (Wildman–Crippen LogP) is 2.54. The highest BCUT2D eigenvalue weighted by Gasteiger charge is 2.14. The zero-order valence-electron chi connectivity index (χ0n) is 14.6. The number of ether oxygens (including phenoxy) is 1. The highest BCUT2D eigenvalue weighted by molar-refractivity contribution is 6.07. The fourth-order valence-corrected chi connectivity index (χ4v) is 2.39. The van der Waals surface area contributed by atoms with E-state index in [1.807, 2.05) is 36.4 Å². The number of carbonyl (C=O) groups excluding carboxylic acids is 1.